The molecule has 2 aromatic carbocycles. The van der Waals surface area contributed by atoms with Crippen molar-refractivity contribution in [3.8, 4) is 0 Å². The molecule has 0 aliphatic rings. The van der Waals surface area contributed by atoms with Gasteiger partial charge in [0.15, 0.2) is 0 Å². The number of benzene rings is 2. The van der Waals surface area contributed by atoms with Gasteiger partial charge >= 0.3 is 0 Å². The van der Waals surface area contributed by atoms with Gasteiger partial charge in [0, 0.05) is 24.7 Å². The summed E-state index contributed by atoms with van der Waals surface area (Å²) < 4.78 is 13.0. The highest BCUT2D eigenvalue weighted by Crippen LogP contribution is 2.22. The highest BCUT2D eigenvalue weighted by Gasteiger charge is 2.16. The largest absolute Gasteiger partial charge is 0.337 e. The molecule has 0 aliphatic carbocycles. The molecule has 4 heteroatoms. The molecule has 122 valence electrons. The molecule has 0 saturated carbocycles. The minimum Gasteiger partial charge on any atom is -0.337 e. The zero-order valence-electron chi connectivity index (χ0n) is 14.0. The van der Waals surface area contributed by atoms with Crippen LogP contribution in [0.5, 0.6) is 0 Å². The molecule has 1 amide bonds. The third-order valence-electron chi connectivity index (χ3n) is 4.00. The molecule has 3 rings (SSSR count). The Balaban J connectivity index is 1.95. The second-order valence-corrected chi connectivity index (χ2v) is 6.12. The van der Waals surface area contributed by atoms with E-state index in [1.165, 1.54) is 12.1 Å². The number of halogens is 1. The third-order valence-corrected chi connectivity index (χ3v) is 4.00. The van der Waals surface area contributed by atoms with Crippen molar-refractivity contribution in [1.29, 1.82) is 0 Å². The number of pyridine rings is 1. The topological polar surface area (TPSA) is 33.2 Å². The van der Waals surface area contributed by atoms with Gasteiger partial charge in [-0.2, -0.15) is 0 Å². The second kappa shape index (κ2) is 6.40. The van der Waals surface area contributed by atoms with Crippen molar-refractivity contribution in [1.82, 2.24) is 9.88 Å². The summed E-state index contributed by atoms with van der Waals surface area (Å²) in [5, 5.41) is 0.858. The Labute approximate surface area is 140 Å². The van der Waals surface area contributed by atoms with Gasteiger partial charge in [-0.15, -0.1) is 0 Å². The summed E-state index contributed by atoms with van der Waals surface area (Å²) in [6.45, 7) is 4.31. The fourth-order valence-electron chi connectivity index (χ4n) is 2.79. The van der Waals surface area contributed by atoms with Gasteiger partial charge in [0.2, 0.25) is 0 Å². The maximum atomic E-state index is 13.0. The summed E-state index contributed by atoms with van der Waals surface area (Å²) in [7, 11) is 1.75. The van der Waals surface area contributed by atoms with Crippen LogP contribution in [-0.4, -0.2) is 22.8 Å². The summed E-state index contributed by atoms with van der Waals surface area (Å²) in [6.07, 6.45) is 0. The number of nitrogens with zero attached hydrogens (tertiary/aromatic N) is 2. The average Bonchev–Trinajstić information content (AvgIpc) is 2.56. The summed E-state index contributed by atoms with van der Waals surface area (Å²) in [5.74, 6) is -0.348. The summed E-state index contributed by atoms with van der Waals surface area (Å²) in [5.41, 5.74) is 4.25. The van der Waals surface area contributed by atoms with Crippen LogP contribution in [0.1, 0.15) is 27.2 Å². The lowest BCUT2D eigenvalue weighted by molar-refractivity contribution is 0.0787. The summed E-state index contributed by atoms with van der Waals surface area (Å²) in [4.78, 5) is 19.1. The van der Waals surface area contributed by atoms with E-state index in [2.05, 4.69) is 4.98 Å². The van der Waals surface area contributed by atoms with Gasteiger partial charge < -0.3 is 4.90 Å². The quantitative estimate of drug-likeness (QED) is 0.722. The zero-order valence-corrected chi connectivity index (χ0v) is 14.0. The lowest BCUT2D eigenvalue weighted by Gasteiger charge is -2.19. The van der Waals surface area contributed by atoms with Crippen LogP contribution in [0.3, 0.4) is 0 Å². The predicted octanol–water partition coefficient (Wildman–Crippen LogP) is 4.26. The summed E-state index contributed by atoms with van der Waals surface area (Å²) in [6, 6.07) is 13.9. The van der Waals surface area contributed by atoms with Crippen molar-refractivity contribution in [3.05, 3.63) is 76.7 Å². The molecule has 1 heterocycles. The Morgan fingerprint density at radius 3 is 2.50 bits per heavy atom. The first-order valence-electron chi connectivity index (χ1n) is 7.82. The highest BCUT2D eigenvalue weighted by atomic mass is 19.1. The van der Waals surface area contributed by atoms with Crippen LogP contribution in [0, 0.1) is 19.7 Å². The third kappa shape index (κ3) is 3.27. The molecule has 0 saturated heterocycles. The first kappa shape index (κ1) is 16.1. The van der Waals surface area contributed by atoms with E-state index < -0.39 is 0 Å². The molecule has 1 aromatic heterocycles. The average molecular weight is 322 g/mol. The van der Waals surface area contributed by atoms with E-state index in [1.54, 1.807) is 24.1 Å². The molecular formula is C20H19FN2O. The van der Waals surface area contributed by atoms with Crippen molar-refractivity contribution in [2.75, 3.05) is 7.05 Å². The standard InChI is InChI=1S/C20H19FN2O/c1-13-4-9-19-17(10-13)18(11-14(2)22-19)20(24)23(3)12-15-5-7-16(21)8-6-15/h4-11H,12H2,1-3H3. The van der Waals surface area contributed by atoms with Gasteiger partial charge in [-0.1, -0.05) is 23.8 Å². The number of carbonyl (C=O) groups excluding carboxylic acids is 1. The van der Waals surface area contributed by atoms with Crippen LogP contribution in [0.25, 0.3) is 10.9 Å². The molecule has 3 aromatic rings. The van der Waals surface area contributed by atoms with Crippen LogP contribution < -0.4 is 0 Å². The van der Waals surface area contributed by atoms with Crippen LogP contribution in [0.15, 0.2) is 48.5 Å². The van der Waals surface area contributed by atoms with Gasteiger partial charge in [-0.05, 0) is 49.7 Å². The Bertz CT molecular complexity index is 903. The van der Waals surface area contributed by atoms with Crippen LogP contribution in [0.4, 0.5) is 4.39 Å². The number of rotatable bonds is 3. The van der Waals surface area contributed by atoms with Gasteiger partial charge in [-0.25, -0.2) is 4.39 Å². The van der Waals surface area contributed by atoms with Crippen molar-refractivity contribution in [3.63, 3.8) is 0 Å². The van der Waals surface area contributed by atoms with Crippen molar-refractivity contribution >= 4 is 16.8 Å². The maximum Gasteiger partial charge on any atom is 0.254 e. The van der Waals surface area contributed by atoms with Crippen LogP contribution >= 0.6 is 0 Å². The van der Waals surface area contributed by atoms with E-state index in [0.29, 0.717) is 12.1 Å². The van der Waals surface area contributed by atoms with Gasteiger partial charge in [0.1, 0.15) is 5.82 Å². The fraction of sp³-hybridized carbons (Fsp3) is 0.200. The Morgan fingerprint density at radius 2 is 1.79 bits per heavy atom. The van der Waals surface area contributed by atoms with Crippen molar-refractivity contribution in [2.45, 2.75) is 20.4 Å². The molecule has 0 bridgehead atoms. The Kier molecular flexibility index (Phi) is 4.30. The Morgan fingerprint density at radius 1 is 1.08 bits per heavy atom. The lowest BCUT2D eigenvalue weighted by Crippen LogP contribution is -2.26. The van der Waals surface area contributed by atoms with E-state index in [9.17, 15) is 9.18 Å². The first-order chi connectivity index (χ1) is 11.4. The number of carbonyl (C=O) groups is 1. The molecule has 0 radical (unpaired) electrons. The van der Waals surface area contributed by atoms with E-state index in [-0.39, 0.29) is 11.7 Å². The number of hydrogen-bond donors (Lipinski definition) is 0. The minimum absolute atomic E-state index is 0.0691. The normalized spacial score (nSPS) is 10.8. The first-order valence-corrected chi connectivity index (χ1v) is 7.82. The molecule has 0 spiro atoms. The number of aromatic nitrogens is 1. The highest BCUT2D eigenvalue weighted by molar-refractivity contribution is 6.06. The molecule has 0 N–H and O–H groups in total. The van der Waals surface area contributed by atoms with Gasteiger partial charge in [-0.3, -0.25) is 9.78 Å². The number of amides is 1. The molecule has 0 atom stereocenters. The minimum atomic E-state index is -0.279. The van der Waals surface area contributed by atoms with E-state index in [4.69, 9.17) is 0 Å². The van der Waals surface area contributed by atoms with Gasteiger partial charge in [0.05, 0.1) is 11.1 Å². The van der Waals surface area contributed by atoms with Crippen molar-refractivity contribution < 1.29 is 9.18 Å². The molecular weight excluding hydrogens is 303 g/mol. The predicted molar refractivity (Wildman–Crippen MR) is 93.4 cm³/mol. The number of aryl methyl sites for hydroxylation is 2. The number of fused-ring (bicyclic) bond motifs is 1. The molecule has 0 fully saturated rings. The molecule has 0 aliphatic heterocycles. The van der Waals surface area contributed by atoms with Gasteiger partial charge in [0.25, 0.3) is 5.91 Å². The second-order valence-electron chi connectivity index (χ2n) is 6.12. The SMILES string of the molecule is Cc1ccc2nc(C)cc(C(=O)N(C)Cc3ccc(F)cc3)c2c1. The van der Waals surface area contributed by atoms with E-state index in [1.807, 2.05) is 38.1 Å². The molecule has 0 unspecified atom stereocenters. The smallest absolute Gasteiger partial charge is 0.254 e. The van der Waals surface area contributed by atoms with Crippen LogP contribution in [0.2, 0.25) is 0 Å². The van der Waals surface area contributed by atoms with E-state index in [0.717, 1.165) is 27.7 Å². The summed E-state index contributed by atoms with van der Waals surface area (Å²) >= 11 is 0. The zero-order chi connectivity index (χ0) is 17.3. The lowest BCUT2D eigenvalue weighted by atomic mass is 10.0. The monoisotopic (exact) mass is 322 g/mol. The molecule has 24 heavy (non-hydrogen) atoms. The van der Waals surface area contributed by atoms with E-state index >= 15 is 0 Å². The fourth-order valence-corrected chi connectivity index (χ4v) is 2.79. The molecule has 3 nitrogen and oxygen atoms in total. The van der Waals surface area contributed by atoms with Crippen molar-refractivity contribution in [2.24, 2.45) is 0 Å². The maximum absolute atomic E-state index is 13.0. The van der Waals surface area contributed by atoms with Crippen LogP contribution in [-0.2, 0) is 6.54 Å². The Hall–Kier alpha value is -2.75. The number of hydrogen-bond acceptors (Lipinski definition) is 2.